The van der Waals surface area contributed by atoms with Crippen LogP contribution < -0.4 is 5.32 Å². The van der Waals surface area contributed by atoms with E-state index in [1.807, 2.05) is 23.0 Å². The summed E-state index contributed by atoms with van der Waals surface area (Å²) in [4.78, 5) is 9.09. The maximum Gasteiger partial charge on any atom is 0.229 e. The Kier molecular flexibility index (Phi) is 3.58. The van der Waals surface area contributed by atoms with Gasteiger partial charge < -0.3 is 5.32 Å². The fourth-order valence-corrected chi connectivity index (χ4v) is 3.67. The molecule has 0 fully saturated rings. The van der Waals surface area contributed by atoms with Gasteiger partial charge in [0.2, 0.25) is 5.95 Å². The fourth-order valence-electron chi connectivity index (χ4n) is 3.67. The number of hydrogen-bond acceptors (Lipinski definition) is 5. The molecule has 27 heavy (non-hydrogen) atoms. The van der Waals surface area contributed by atoms with Gasteiger partial charge in [-0.1, -0.05) is 24.3 Å². The van der Waals surface area contributed by atoms with Gasteiger partial charge in [0.25, 0.3) is 0 Å². The third-order valence-electron chi connectivity index (χ3n) is 5.00. The second-order valence-corrected chi connectivity index (χ2v) is 6.63. The molecule has 130 valence electrons. The van der Waals surface area contributed by atoms with Gasteiger partial charge in [-0.15, -0.1) is 0 Å². The van der Waals surface area contributed by atoms with Crippen LogP contribution in [0.5, 0.6) is 0 Å². The lowest BCUT2D eigenvalue weighted by molar-refractivity contribution is 0.533. The summed E-state index contributed by atoms with van der Waals surface area (Å²) < 4.78 is 2.01. The quantitative estimate of drug-likeness (QED) is 0.603. The van der Waals surface area contributed by atoms with Crippen LogP contribution in [0.25, 0.3) is 11.0 Å². The van der Waals surface area contributed by atoms with Crippen LogP contribution in [0.1, 0.15) is 29.2 Å². The lowest BCUT2D eigenvalue weighted by Gasteiger charge is -2.13. The van der Waals surface area contributed by atoms with E-state index in [1.165, 1.54) is 11.1 Å². The Morgan fingerprint density at radius 1 is 1.07 bits per heavy atom. The lowest BCUT2D eigenvalue weighted by Crippen LogP contribution is -2.10. The Morgan fingerprint density at radius 2 is 1.93 bits per heavy atom. The molecule has 0 amide bonds. The van der Waals surface area contributed by atoms with Crippen LogP contribution >= 0.6 is 0 Å². The first-order chi connectivity index (χ1) is 13.3. The average Bonchev–Trinajstić information content (AvgIpc) is 3.32. The molecule has 1 atom stereocenters. The Labute approximate surface area is 156 Å². The van der Waals surface area contributed by atoms with Crippen LogP contribution in [0.2, 0.25) is 0 Å². The minimum atomic E-state index is 0.205. The minimum Gasteiger partial charge on any atom is -0.324 e. The molecule has 0 spiro atoms. The number of anilines is 2. The van der Waals surface area contributed by atoms with Gasteiger partial charge in [-0.05, 0) is 48.2 Å². The molecular formula is C21H16N6. The van der Waals surface area contributed by atoms with E-state index in [0.717, 1.165) is 29.6 Å². The first-order valence-electron chi connectivity index (χ1n) is 8.87. The van der Waals surface area contributed by atoms with Crippen molar-refractivity contribution in [2.75, 3.05) is 5.32 Å². The molecule has 2 heterocycles. The zero-order chi connectivity index (χ0) is 18.2. The highest BCUT2D eigenvalue weighted by molar-refractivity contribution is 5.75. The summed E-state index contributed by atoms with van der Waals surface area (Å²) in [6, 6.07) is 18.1. The maximum absolute atomic E-state index is 8.91. The smallest absolute Gasteiger partial charge is 0.229 e. The zero-order valence-electron chi connectivity index (χ0n) is 14.5. The van der Waals surface area contributed by atoms with Gasteiger partial charge in [0.1, 0.15) is 0 Å². The van der Waals surface area contributed by atoms with Crippen molar-refractivity contribution in [1.82, 2.24) is 19.7 Å². The van der Waals surface area contributed by atoms with Gasteiger partial charge in [0.15, 0.2) is 5.65 Å². The van der Waals surface area contributed by atoms with Gasteiger partial charge >= 0.3 is 0 Å². The van der Waals surface area contributed by atoms with Gasteiger partial charge in [0, 0.05) is 11.9 Å². The normalized spacial score (nSPS) is 15.4. The Bertz CT molecular complexity index is 1170. The molecule has 0 saturated heterocycles. The van der Waals surface area contributed by atoms with E-state index in [9.17, 15) is 0 Å². The molecule has 0 aliphatic heterocycles. The number of fused-ring (bicyclic) bond motifs is 2. The van der Waals surface area contributed by atoms with Crippen LogP contribution in [-0.2, 0) is 6.42 Å². The van der Waals surface area contributed by atoms with Crippen LogP contribution in [0, 0.1) is 11.3 Å². The average molecular weight is 352 g/mol. The highest BCUT2D eigenvalue weighted by Crippen LogP contribution is 2.35. The monoisotopic (exact) mass is 352 g/mol. The molecule has 5 rings (SSSR count). The summed E-state index contributed by atoms with van der Waals surface area (Å²) in [5, 5.41) is 17.6. The predicted molar refractivity (Wildman–Crippen MR) is 103 cm³/mol. The second kappa shape index (κ2) is 6.22. The number of aromatic nitrogens is 4. The van der Waals surface area contributed by atoms with Gasteiger partial charge in [0.05, 0.1) is 29.3 Å². The third kappa shape index (κ3) is 2.70. The molecule has 1 unspecified atom stereocenters. The van der Waals surface area contributed by atoms with Crippen molar-refractivity contribution in [3.8, 4) is 6.07 Å². The Morgan fingerprint density at radius 3 is 2.78 bits per heavy atom. The van der Waals surface area contributed by atoms with E-state index >= 15 is 0 Å². The van der Waals surface area contributed by atoms with Crippen LogP contribution in [0.4, 0.5) is 11.6 Å². The van der Waals surface area contributed by atoms with Crippen molar-refractivity contribution in [1.29, 1.82) is 5.26 Å². The molecule has 4 aromatic rings. The standard InChI is InChI=1S/C21H16N6/c22-11-14-5-8-17(9-6-14)25-21-23-12-16-13-24-27(20(16)26-21)19-10-7-15-3-1-2-4-18(15)19/h1-6,8-9,12-13,19H,7,10H2,(H,23,25,26). The first kappa shape index (κ1) is 15.5. The van der Waals surface area contributed by atoms with Gasteiger partial charge in [-0.2, -0.15) is 15.3 Å². The van der Waals surface area contributed by atoms with E-state index in [2.05, 4.69) is 45.7 Å². The number of hydrogen-bond donors (Lipinski definition) is 1. The van der Waals surface area contributed by atoms with Gasteiger partial charge in [-0.25, -0.2) is 9.67 Å². The highest BCUT2D eigenvalue weighted by Gasteiger charge is 2.25. The summed E-state index contributed by atoms with van der Waals surface area (Å²) in [7, 11) is 0. The van der Waals surface area contributed by atoms with Crippen LogP contribution in [-0.4, -0.2) is 19.7 Å². The summed E-state index contributed by atoms with van der Waals surface area (Å²) in [5.74, 6) is 0.514. The molecule has 0 radical (unpaired) electrons. The second-order valence-electron chi connectivity index (χ2n) is 6.63. The zero-order valence-corrected chi connectivity index (χ0v) is 14.5. The van der Waals surface area contributed by atoms with Crippen molar-refractivity contribution in [3.63, 3.8) is 0 Å². The van der Waals surface area contributed by atoms with Crippen molar-refractivity contribution >= 4 is 22.7 Å². The minimum absolute atomic E-state index is 0.205. The Balaban J connectivity index is 1.50. The SMILES string of the molecule is N#Cc1ccc(Nc2ncc3cnn(C4CCc5ccccc54)c3n2)cc1. The highest BCUT2D eigenvalue weighted by atomic mass is 15.3. The summed E-state index contributed by atoms with van der Waals surface area (Å²) in [6.07, 6.45) is 5.70. The Hall–Kier alpha value is -3.72. The number of nitriles is 1. The molecule has 6 nitrogen and oxygen atoms in total. The molecule has 1 aliphatic rings. The molecule has 6 heteroatoms. The molecule has 2 aromatic heterocycles. The number of aryl methyl sites for hydroxylation is 1. The molecule has 1 N–H and O–H groups in total. The molecule has 0 saturated carbocycles. The number of benzene rings is 2. The summed E-state index contributed by atoms with van der Waals surface area (Å²) >= 11 is 0. The third-order valence-corrected chi connectivity index (χ3v) is 5.00. The summed E-state index contributed by atoms with van der Waals surface area (Å²) in [6.45, 7) is 0. The van der Waals surface area contributed by atoms with Crippen molar-refractivity contribution in [2.24, 2.45) is 0 Å². The molecule has 2 aromatic carbocycles. The maximum atomic E-state index is 8.91. The molecule has 1 aliphatic carbocycles. The number of nitrogens with zero attached hydrogens (tertiary/aromatic N) is 5. The van der Waals surface area contributed by atoms with E-state index < -0.39 is 0 Å². The van der Waals surface area contributed by atoms with Gasteiger partial charge in [-0.3, -0.25) is 0 Å². The predicted octanol–water partition coefficient (Wildman–Crippen LogP) is 3.98. The van der Waals surface area contributed by atoms with E-state index in [-0.39, 0.29) is 6.04 Å². The number of rotatable bonds is 3. The molecular weight excluding hydrogens is 336 g/mol. The summed E-state index contributed by atoms with van der Waals surface area (Å²) in [5.41, 5.74) is 4.99. The topological polar surface area (TPSA) is 79.4 Å². The fraction of sp³-hybridized carbons (Fsp3) is 0.143. The largest absolute Gasteiger partial charge is 0.324 e. The van der Waals surface area contributed by atoms with E-state index in [1.54, 1.807) is 18.3 Å². The first-order valence-corrected chi connectivity index (χ1v) is 8.87. The van der Waals surface area contributed by atoms with E-state index in [4.69, 9.17) is 10.2 Å². The molecule has 0 bridgehead atoms. The van der Waals surface area contributed by atoms with Crippen LogP contribution in [0.15, 0.2) is 60.9 Å². The number of nitrogens with one attached hydrogen (secondary N) is 1. The van der Waals surface area contributed by atoms with Crippen LogP contribution in [0.3, 0.4) is 0 Å². The lowest BCUT2D eigenvalue weighted by atomic mass is 10.1. The van der Waals surface area contributed by atoms with Crippen molar-refractivity contribution < 1.29 is 0 Å². The van der Waals surface area contributed by atoms with E-state index in [0.29, 0.717) is 11.5 Å². The van der Waals surface area contributed by atoms with Crippen molar-refractivity contribution in [2.45, 2.75) is 18.9 Å². The van der Waals surface area contributed by atoms with Crippen molar-refractivity contribution in [3.05, 3.63) is 77.6 Å².